The Balaban J connectivity index is 1.74. The lowest BCUT2D eigenvalue weighted by atomic mass is 10.2. The number of nitrogens with one attached hydrogen (secondary N) is 1. The summed E-state index contributed by atoms with van der Waals surface area (Å²) in [6, 6.07) is 4.88. The SMILES string of the molecule is COc1ccc(C(=O)N=c2scc(C)n2CC(=O)NC[C@H]2CCCO2)cc1OC. The van der Waals surface area contributed by atoms with E-state index in [4.69, 9.17) is 14.2 Å². The van der Waals surface area contributed by atoms with E-state index in [9.17, 15) is 9.59 Å². The van der Waals surface area contributed by atoms with Crippen molar-refractivity contribution in [2.45, 2.75) is 32.4 Å². The third-order valence-electron chi connectivity index (χ3n) is 4.67. The molecule has 1 aliphatic heterocycles. The number of aromatic nitrogens is 1. The summed E-state index contributed by atoms with van der Waals surface area (Å²) in [4.78, 5) is 29.7. The first-order valence-corrected chi connectivity index (χ1v) is 10.2. The number of ether oxygens (including phenoxy) is 3. The predicted molar refractivity (Wildman–Crippen MR) is 108 cm³/mol. The molecule has 156 valence electrons. The Kier molecular flexibility index (Phi) is 7.05. The van der Waals surface area contributed by atoms with Gasteiger partial charge in [-0.1, -0.05) is 0 Å². The molecular weight excluding hydrogens is 394 g/mol. The number of amides is 2. The van der Waals surface area contributed by atoms with Crippen LogP contribution < -0.4 is 19.6 Å². The van der Waals surface area contributed by atoms with E-state index in [0.717, 1.165) is 25.1 Å². The number of nitrogens with zero attached hydrogens (tertiary/aromatic N) is 2. The smallest absolute Gasteiger partial charge is 0.279 e. The molecule has 0 spiro atoms. The second kappa shape index (κ2) is 9.71. The molecule has 2 amide bonds. The highest BCUT2D eigenvalue weighted by molar-refractivity contribution is 7.07. The molecule has 3 rings (SSSR count). The van der Waals surface area contributed by atoms with Crippen molar-refractivity contribution in [3.8, 4) is 11.5 Å². The van der Waals surface area contributed by atoms with Crippen LogP contribution in [0.1, 0.15) is 28.9 Å². The van der Waals surface area contributed by atoms with E-state index in [0.29, 0.717) is 28.4 Å². The lowest BCUT2D eigenvalue weighted by molar-refractivity contribution is -0.122. The van der Waals surface area contributed by atoms with Gasteiger partial charge in [0.2, 0.25) is 5.91 Å². The average molecular weight is 420 g/mol. The largest absolute Gasteiger partial charge is 0.493 e. The molecule has 1 saturated heterocycles. The normalized spacial score (nSPS) is 16.7. The standard InChI is InChI=1S/C20H25N3O5S/c1-13-12-29-20(23(13)11-18(24)21-10-15-5-4-8-28-15)22-19(25)14-6-7-16(26-2)17(9-14)27-3/h6-7,9,12,15H,4-5,8,10-11H2,1-3H3,(H,21,24)/t15-/m1/s1. The quantitative estimate of drug-likeness (QED) is 0.740. The zero-order valence-corrected chi connectivity index (χ0v) is 17.6. The fourth-order valence-electron chi connectivity index (χ4n) is 3.05. The Morgan fingerprint density at radius 1 is 1.31 bits per heavy atom. The van der Waals surface area contributed by atoms with Crippen molar-refractivity contribution >= 4 is 23.2 Å². The Labute approximate surface area is 173 Å². The van der Waals surface area contributed by atoms with Crippen molar-refractivity contribution in [2.75, 3.05) is 27.4 Å². The number of carbonyl (C=O) groups excluding carboxylic acids is 2. The van der Waals surface area contributed by atoms with E-state index in [-0.39, 0.29) is 18.6 Å². The lowest BCUT2D eigenvalue weighted by Crippen LogP contribution is -2.36. The van der Waals surface area contributed by atoms with Crippen LogP contribution in [0.15, 0.2) is 28.6 Å². The molecular formula is C20H25N3O5S. The summed E-state index contributed by atoms with van der Waals surface area (Å²) in [5.74, 6) is 0.439. The first-order chi connectivity index (χ1) is 14.0. The van der Waals surface area contributed by atoms with E-state index in [2.05, 4.69) is 10.3 Å². The third kappa shape index (κ3) is 5.24. The summed E-state index contributed by atoms with van der Waals surface area (Å²) in [6.07, 6.45) is 2.08. The van der Waals surface area contributed by atoms with E-state index in [1.54, 1.807) is 22.8 Å². The summed E-state index contributed by atoms with van der Waals surface area (Å²) in [5, 5.41) is 4.76. The fourth-order valence-corrected chi connectivity index (χ4v) is 3.92. The molecule has 8 nitrogen and oxygen atoms in total. The molecule has 1 N–H and O–H groups in total. The highest BCUT2D eigenvalue weighted by atomic mass is 32.1. The van der Waals surface area contributed by atoms with Crippen LogP contribution in [0.4, 0.5) is 0 Å². The molecule has 2 aromatic rings. The molecule has 0 saturated carbocycles. The van der Waals surface area contributed by atoms with Crippen LogP contribution in [-0.2, 0) is 16.1 Å². The van der Waals surface area contributed by atoms with Gasteiger partial charge in [-0.25, -0.2) is 0 Å². The summed E-state index contributed by atoms with van der Waals surface area (Å²) in [7, 11) is 3.04. The molecule has 29 heavy (non-hydrogen) atoms. The van der Waals surface area contributed by atoms with Gasteiger partial charge < -0.3 is 24.1 Å². The number of methoxy groups -OCH3 is 2. The molecule has 0 bridgehead atoms. The second-order valence-corrected chi connectivity index (χ2v) is 7.51. The molecule has 1 atom stereocenters. The van der Waals surface area contributed by atoms with Gasteiger partial charge >= 0.3 is 0 Å². The van der Waals surface area contributed by atoms with Crippen LogP contribution in [0.2, 0.25) is 0 Å². The van der Waals surface area contributed by atoms with Crippen LogP contribution in [0, 0.1) is 6.92 Å². The second-order valence-electron chi connectivity index (χ2n) is 6.67. The maximum Gasteiger partial charge on any atom is 0.279 e. The molecule has 1 aliphatic rings. The summed E-state index contributed by atoms with van der Waals surface area (Å²) in [5.41, 5.74) is 1.24. The third-order valence-corrected chi connectivity index (χ3v) is 5.65. The number of hydrogen-bond donors (Lipinski definition) is 1. The highest BCUT2D eigenvalue weighted by Crippen LogP contribution is 2.27. The molecule has 1 fully saturated rings. The minimum absolute atomic E-state index is 0.0864. The zero-order chi connectivity index (χ0) is 20.8. The molecule has 0 unspecified atom stereocenters. The first kappa shape index (κ1) is 21.1. The van der Waals surface area contributed by atoms with Crippen LogP contribution in [0.3, 0.4) is 0 Å². The summed E-state index contributed by atoms with van der Waals surface area (Å²) in [6.45, 7) is 3.23. The van der Waals surface area contributed by atoms with Gasteiger partial charge in [0.1, 0.15) is 6.54 Å². The lowest BCUT2D eigenvalue weighted by Gasteiger charge is -2.11. The Hall–Kier alpha value is -2.65. The van der Waals surface area contributed by atoms with Gasteiger partial charge in [0.25, 0.3) is 5.91 Å². The van der Waals surface area contributed by atoms with Crippen LogP contribution in [0.5, 0.6) is 11.5 Å². The summed E-state index contributed by atoms with van der Waals surface area (Å²) >= 11 is 1.32. The van der Waals surface area contributed by atoms with E-state index >= 15 is 0 Å². The van der Waals surface area contributed by atoms with E-state index in [1.165, 1.54) is 25.6 Å². The number of thiazole rings is 1. The van der Waals surface area contributed by atoms with Gasteiger partial charge in [-0.15, -0.1) is 11.3 Å². The van der Waals surface area contributed by atoms with E-state index in [1.807, 2.05) is 12.3 Å². The zero-order valence-electron chi connectivity index (χ0n) is 16.8. The van der Waals surface area contributed by atoms with Crippen molar-refractivity contribution < 1.29 is 23.8 Å². The van der Waals surface area contributed by atoms with Crippen molar-refractivity contribution in [1.82, 2.24) is 9.88 Å². The first-order valence-electron chi connectivity index (χ1n) is 9.36. The summed E-state index contributed by atoms with van der Waals surface area (Å²) < 4.78 is 17.7. The Morgan fingerprint density at radius 2 is 2.10 bits per heavy atom. The predicted octanol–water partition coefficient (Wildman–Crippen LogP) is 1.91. The minimum Gasteiger partial charge on any atom is -0.493 e. The number of carbonyl (C=O) groups is 2. The highest BCUT2D eigenvalue weighted by Gasteiger charge is 2.17. The molecule has 9 heteroatoms. The average Bonchev–Trinajstić information content (AvgIpc) is 3.37. The van der Waals surface area contributed by atoms with Crippen LogP contribution >= 0.6 is 11.3 Å². The molecule has 2 heterocycles. The maximum absolute atomic E-state index is 12.6. The Bertz CT molecular complexity index is 944. The monoisotopic (exact) mass is 419 g/mol. The van der Waals surface area contributed by atoms with E-state index < -0.39 is 5.91 Å². The molecule has 0 aliphatic carbocycles. The maximum atomic E-state index is 12.6. The van der Waals surface area contributed by atoms with Gasteiger partial charge in [-0.2, -0.15) is 4.99 Å². The molecule has 1 aromatic heterocycles. The van der Waals surface area contributed by atoms with Gasteiger partial charge in [-0.3, -0.25) is 9.59 Å². The van der Waals surface area contributed by atoms with Crippen molar-refractivity contribution in [3.05, 3.63) is 39.6 Å². The molecule has 1 aromatic carbocycles. The van der Waals surface area contributed by atoms with Gasteiger partial charge in [0, 0.05) is 29.8 Å². The van der Waals surface area contributed by atoms with Crippen molar-refractivity contribution in [3.63, 3.8) is 0 Å². The number of benzene rings is 1. The van der Waals surface area contributed by atoms with Crippen LogP contribution in [-0.4, -0.2) is 49.9 Å². The number of hydrogen-bond acceptors (Lipinski definition) is 6. The number of aryl methyl sites for hydroxylation is 1. The molecule has 0 radical (unpaired) electrons. The van der Waals surface area contributed by atoms with Crippen molar-refractivity contribution in [2.24, 2.45) is 4.99 Å². The van der Waals surface area contributed by atoms with Gasteiger partial charge in [0.05, 0.1) is 20.3 Å². The van der Waals surface area contributed by atoms with Gasteiger partial charge in [0.15, 0.2) is 16.3 Å². The fraction of sp³-hybridized carbons (Fsp3) is 0.450. The minimum atomic E-state index is -0.415. The van der Waals surface area contributed by atoms with Crippen molar-refractivity contribution in [1.29, 1.82) is 0 Å². The number of rotatable bonds is 7. The Morgan fingerprint density at radius 3 is 2.79 bits per heavy atom. The topological polar surface area (TPSA) is 91.2 Å². The van der Waals surface area contributed by atoms with Crippen LogP contribution in [0.25, 0.3) is 0 Å². The van der Waals surface area contributed by atoms with Gasteiger partial charge in [-0.05, 0) is 38.0 Å².